The number of fused-ring (bicyclic) bond motifs is 1. The molecule has 0 fully saturated rings. The van der Waals surface area contributed by atoms with Gasteiger partial charge in [0, 0.05) is 12.1 Å². The van der Waals surface area contributed by atoms with E-state index in [1.54, 1.807) is 0 Å². The summed E-state index contributed by atoms with van der Waals surface area (Å²) in [4.78, 5) is 0. The first-order valence-electron chi connectivity index (χ1n) is 4.54. The molecule has 3 heteroatoms. The Balaban J connectivity index is 2.16. The van der Waals surface area contributed by atoms with Crippen LogP contribution in [0.5, 0.6) is 5.75 Å². The van der Waals surface area contributed by atoms with Crippen molar-refractivity contribution in [3.8, 4) is 5.75 Å². The molecule has 0 saturated carbocycles. The second-order valence-corrected chi connectivity index (χ2v) is 3.39. The van der Waals surface area contributed by atoms with Gasteiger partial charge < -0.3 is 16.2 Å². The maximum absolute atomic E-state index is 5.67. The third-order valence-electron chi connectivity index (χ3n) is 2.31. The Bertz CT molecular complexity index is 312. The van der Waals surface area contributed by atoms with E-state index in [-0.39, 0.29) is 6.10 Å². The highest BCUT2D eigenvalue weighted by Gasteiger charge is 2.21. The van der Waals surface area contributed by atoms with Gasteiger partial charge in [0.2, 0.25) is 0 Å². The smallest absolute Gasteiger partial charge is 0.123 e. The van der Waals surface area contributed by atoms with E-state index in [2.05, 4.69) is 0 Å². The zero-order valence-electron chi connectivity index (χ0n) is 7.49. The van der Waals surface area contributed by atoms with E-state index in [1.807, 2.05) is 18.2 Å². The standard InChI is InChI=1S/C10H14N2O/c11-4-3-9-6-7-5-8(12)1-2-10(7)13-9/h1-2,5,9H,3-4,6,11-12H2. The summed E-state index contributed by atoms with van der Waals surface area (Å²) in [5, 5.41) is 0. The molecule has 1 aliphatic heterocycles. The number of hydrogen-bond donors (Lipinski definition) is 2. The molecule has 1 aliphatic rings. The summed E-state index contributed by atoms with van der Waals surface area (Å²) in [6.45, 7) is 0.675. The molecule has 70 valence electrons. The Morgan fingerprint density at radius 1 is 1.46 bits per heavy atom. The highest BCUT2D eigenvalue weighted by atomic mass is 16.5. The van der Waals surface area contributed by atoms with Gasteiger partial charge in [-0.3, -0.25) is 0 Å². The summed E-state index contributed by atoms with van der Waals surface area (Å²) in [6, 6.07) is 5.77. The second-order valence-electron chi connectivity index (χ2n) is 3.39. The van der Waals surface area contributed by atoms with Crippen LogP contribution < -0.4 is 16.2 Å². The first kappa shape index (κ1) is 8.38. The molecular weight excluding hydrogens is 164 g/mol. The zero-order valence-corrected chi connectivity index (χ0v) is 7.49. The largest absolute Gasteiger partial charge is 0.490 e. The minimum absolute atomic E-state index is 0.252. The zero-order chi connectivity index (χ0) is 9.26. The Kier molecular flexibility index (Phi) is 2.10. The van der Waals surface area contributed by atoms with Gasteiger partial charge in [-0.15, -0.1) is 0 Å². The molecule has 1 heterocycles. The third-order valence-corrected chi connectivity index (χ3v) is 2.31. The molecular formula is C10H14N2O. The number of anilines is 1. The SMILES string of the molecule is NCCC1Cc2cc(N)ccc2O1. The quantitative estimate of drug-likeness (QED) is 0.662. The first-order chi connectivity index (χ1) is 6.29. The lowest BCUT2D eigenvalue weighted by molar-refractivity contribution is 0.224. The van der Waals surface area contributed by atoms with E-state index >= 15 is 0 Å². The van der Waals surface area contributed by atoms with Crippen molar-refractivity contribution >= 4 is 5.69 Å². The van der Waals surface area contributed by atoms with Crippen LogP contribution in [0.3, 0.4) is 0 Å². The van der Waals surface area contributed by atoms with Crippen LogP contribution in [0.2, 0.25) is 0 Å². The molecule has 0 spiro atoms. The van der Waals surface area contributed by atoms with Crippen molar-refractivity contribution in [2.24, 2.45) is 5.73 Å². The molecule has 1 aromatic carbocycles. The summed E-state index contributed by atoms with van der Waals surface area (Å²) in [5.41, 5.74) is 13.1. The van der Waals surface area contributed by atoms with E-state index in [1.165, 1.54) is 5.56 Å². The van der Waals surface area contributed by atoms with Gasteiger partial charge in [0.25, 0.3) is 0 Å². The fourth-order valence-electron chi connectivity index (χ4n) is 1.69. The van der Waals surface area contributed by atoms with Crippen LogP contribution in [0.1, 0.15) is 12.0 Å². The molecule has 0 saturated heterocycles. The van der Waals surface area contributed by atoms with Crippen molar-refractivity contribution in [2.75, 3.05) is 12.3 Å². The van der Waals surface area contributed by atoms with Gasteiger partial charge in [0.05, 0.1) is 0 Å². The summed E-state index contributed by atoms with van der Waals surface area (Å²) in [7, 11) is 0. The number of rotatable bonds is 2. The molecule has 0 radical (unpaired) electrons. The van der Waals surface area contributed by atoms with Crippen molar-refractivity contribution < 1.29 is 4.74 Å². The summed E-state index contributed by atoms with van der Waals surface area (Å²) >= 11 is 0. The van der Waals surface area contributed by atoms with Gasteiger partial charge >= 0.3 is 0 Å². The lowest BCUT2D eigenvalue weighted by atomic mass is 10.1. The maximum atomic E-state index is 5.67. The van der Waals surface area contributed by atoms with Crippen molar-refractivity contribution in [1.82, 2.24) is 0 Å². The highest BCUT2D eigenvalue weighted by molar-refractivity contribution is 5.49. The monoisotopic (exact) mass is 178 g/mol. The van der Waals surface area contributed by atoms with E-state index in [0.29, 0.717) is 6.54 Å². The molecule has 0 aliphatic carbocycles. The van der Waals surface area contributed by atoms with Crippen LogP contribution in [0.4, 0.5) is 5.69 Å². The van der Waals surface area contributed by atoms with Crippen LogP contribution in [0.25, 0.3) is 0 Å². The van der Waals surface area contributed by atoms with Crippen molar-refractivity contribution in [3.63, 3.8) is 0 Å². The lowest BCUT2D eigenvalue weighted by Gasteiger charge is -2.07. The molecule has 4 N–H and O–H groups in total. The predicted molar refractivity (Wildman–Crippen MR) is 52.6 cm³/mol. The van der Waals surface area contributed by atoms with Gasteiger partial charge in [-0.2, -0.15) is 0 Å². The number of nitrogens with two attached hydrogens (primary N) is 2. The first-order valence-corrected chi connectivity index (χ1v) is 4.54. The minimum Gasteiger partial charge on any atom is -0.490 e. The molecule has 3 nitrogen and oxygen atoms in total. The van der Waals surface area contributed by atoms with Crippen LogP contribution >= 0.6 is 0 Å². The summed E-state index contributed by atoms with van der Waals surface area (Å²) in [5.74, 6) is 0.965. The second kappa shape index (κ2) is 3.26. The van der Waals surface area contributed by atoms with Gasteiger partial charge in [-0.1, -0.05) is 0 Å². The summed E-state index contributed by atoms with van der Waals surface area (Å²) in [6.07, 6.45) is 2.10. The number of benzene rings is 1. The molecule has 0 bridgehead atoms. The Morgan fingerprint density at radius 2 is 2.31 bits per heavy atom. The van der Waals surface area contributed by atoms with Crippen molar-refractivity contribution in [2.45, 2.75) is 18.9 Å². The average Bonchev–Trinajstić information content (AvgIpc) is 2.46. The fraction of sp³-hybridized carbons (Fsp3) is 0.400. The molecule has 1 unspecified atom stereocenters. The van der Waals surface area contributed by atoms with Gasteiger partial charge in [0.1, 0.15) is 11.9 Å². The topological polar surface area (TPSA) is 61.3 Å². The molecule has 1 atom stereocenters. The Labute approximate surface area is 77.7 Å². The molecule has 13 heavy (non-hydrogen) atoms. The van der Waals surface area contributed by atoms with Crippen molar-refractivity contribution in [3.05, 3.63) is 23.8 Å². The van der Waals surface area contributed by atoms with Gasteiger partial charge in [-0.05, 0) is 36.7 Å². The molecule has 0 amide bonds. The predicted octanol–water partition coefficient (Wildman–Crippen LogP) is 0.921. The minimum atomic E-state index is 0.252. The molecule has 2 rings (SSSR count). The number of hydrogen-bond acceptors (Lipinski definition) is 3. The highest BCUT2D eigenvalue weighted by Crippen LogP contribution is 2.31. The maximum Gasteiger partial charge on any atom is 0.123 e. The van der Waals surface area contributed by atoms with Gasteiger partial charge in [0.15, 0.2) is 0 Å². The lowest BCUT2D eigenvalue weighted by Crippen LogP contribution is -2.17. The number of nitrogen functional groups attached to an aromatic ring is 1. The van der Waals surface area contributed by atoms with Crippen LogP contribution in [0, 0.1) is 0 Å². The van der Waals surface area contributed by atoms with Crippen LogP contribution in [-0.4, -0.2) is 12.6 Å². The third kappa shape index (κ3) is 1.60. The number of ether oxygens (including phenoxy) is 1. The van der Waals surface area contributed by atoms with E-state index in [4.69, 9.17) is 16.2 Å². The Hall–Kier alpha value is -1.22. The van der Waals surface area contributed by atoms with E-state index in [0.717, 1.165) is 24.3 Å². The average molecular weight is 178 g/mol. The van der Waals surface area contributed by atoms with Crippen LogP contribution in [-0.2, 0) is 6.42 Å². The summed E-state index contributed by atoms with van der Waals surface area (Å²) < 4.78 is 5.67. The van der Waals surface area contributed by atoms with Gasteiger partial charge in [-0.25, -0.2) is 0 Å². The normalized spacial score (nSPS) is 19.6. The van der Waals surface area contributed by atoms with Crippen LogP contribution in [0.15, 0.2) is 18.2 Å². The van der Waals surface area contributed by atoms with E-state index < -0.39 is 0 Å². The Morgan fingerprint density at radius 3 is 3.08 bits per heavy atom. The molecule has 1 aromatic rings. The molecule has 0 aromatic heterocycles. The van der Waals surface area contributed by atoms with Crippen molar-refractivity contribution in [1.29, 1.82) is 0 Å². The van der Waals surface area contributed by atoms with E-state index in [9.17, 15) is 0 Å². The fourth-order valence-corrected chi connectivity index (χ4v) is 1.69.